The van der Waals surface area contributed by atoms with Gasteiger partial charge in [-0.05, 0) is 19.8 Å². The summed E-state index contributed by atoms with van der Waals surface area (Å²) in [4.78, 5) is 16.0. The maximum atomic E-state index is 12.0. The molecule has 0 radical (unpaired) electrons. The standard InChI is InChI=1S/C12H15N3O/c1-3-4-9(2)14-11-12(16)15(8-7-13-11)10-5-6-10/h1,7-10H,4-6H2,2H3,(H,13,14). The minimum atomic E-state index is -0.0473. The Morgan fingerprint density at radius 3 is 3.12 bits per heavy atom. The highest BCUT2D eigenvalue weighted by Crippen LogP contribution is 2.33. The van der Waals surface area contributed by atoms with Crippen LogP contribution in [0.3, 0.4) is 0 Å². The Hall–Kier alpha value is -1.76. The molecule has 0 bridgehead atoms. The zero-order valence-corrected chi connectivity index (χ0v) is 9.31. The first-order valence-electron chi connectivity index (χ1n) is 5.49. The van der Waals surface area contributed by atoms with Crippen LogP contribution in [0.1, 0.15) is 32.2 Å². The fourth-order valence-electron chi connectivity index (χ4n) is 1.63. The largest absolute Gasteiger partial charge is 0.362 e. The quantitative estimate of drug-likeness (QED) is 0.775. The van der Waals surface area contributed by atoms with Crippen molar-refractivity contribution in [2.75, 3.05) is 5.32 Å². The minimum Gasteiger partial charge on any atom is -0.362 e. The average Bonchev–Trinajstić information content (AvgIpc) is 3.05. The van der Waals surface area contributed by atoms with E-state index in [1.54, 1.807) is 17.0 Å². The fourth-order valence-corrected chi connectivity index (χ4v) is 1.63. The van der Waals surface area contributed by atoms with Crippen molar-refractivity contribution < 1.29 is 0 Å². The van der Waals surface area contributed by atoms with Crippen molar-refractivity contribution in [1.29, 1.82) is 0 Å². The molecule has 0 aliphatic heterocycles. The molecule has 0 aromatic carbocycles. The van der Waals surface area contributed by atoms with Crippen LogP contribution in [0.25, 0.3) is 0 Å². The van der Waals surface area contributed by atoms with E-state index in [1.807, 2.05) is 6.92 Å². The van der Waals surface area contributed by atoms with E-state index in [0.717, 1.165) is 12.8 Å². The summed E-state index contributed by atoms with van der Waals surface area (Å²) in [6.45, 7) is 1.94. The third-order valence-corrected chi connectivity index (χ3v) is 2.62. The Kier molecular flexibility index (Phi) is 2.95. The van der Waals surface area contributed by atoms with Gasteiger partial charge in [0.25, 0.3) is 5.56 Å². The molecule has 4 nitrogen and oxygen atoms in total. The van der Waals surface area contributed by atoms with Gasteiger partial charge in [0, 0.05) is 30.9 Å². The van der Waals surface area contributed by atoms with E-state index in [0.29, 0.717) is 18.3 Å². The van der Waals surface area contributed by atoms with Gasteiger partial charge in [0.2, 0.25) is 0 Å². The molecule has 1 atom stereocenters. The Bertz CT molecular complexity index is 468. The van der Waals surface area contributed by atoms with Crippen LogP contribution in [0, 0.1) is 12.3 Å². The minimum absolute atomic E-state index is 0.0473. The highest BCUT2D eigenvalue weighted by atomic mass is 16.1. The number of hydrogen-bond acceptors (Lipinski definition) is 3. The van der Waals surface area contributed by atoms with Crippen LogP contribution in [-0.2, 0) is 0 Å². The van der Waals surface area contributed by atoms with Gasteiger partial charge < -0.3 is 9.88 Å². The highest BCUT2D eigenvalue weighted by molar-refractivity contribution is 5.32. The lowest BCUT2D eigenvalue weighted by atomic mass is 10.2. The normalized spacial score (nSPS) is 16.5. The molecule has 2 rings (SSSR count). The smallest absolute Gasteiger partial charge is 0.293 e. The van der Waals surface area contributed by atoms with Crippen molar-refractivity contribution >= 4 is 5.82 Å². The molecular weight excluding hydrogens is 202 g/mol. The molecule has 1 saturated carbocycles. The molecule has 0 spiro atoms. The van der Waals surface area contributed by atoms with E-state index >= 15 is 0 Å². The summed E-state index contributed by atoms with van der Waals surface area (Å²) in [6.07, 6.45) is 11.4. The second-order valence-electron chi connectivity index (χ2n) is 4.17. The average molecular weight is 217 g/mol. The van der Waals surface area contributed by atoms with Crippen molar-refractivity contribution in [3.05, 3.63) is 22.7 Å². The van der Waals surface area contributed by atoms with E-state index in [-0.39, 0.29) is 11.6 Å². The summed E-state index contributed by atoms with van der Waals surface area (Å²) < 4.78 is 1.75. The van der Waals surface area contributed by atoms with E-state index in [1.165, 1.54) is 0 Å². The Morgan fingerprint density at radius 1 is 1.75 bits per heavy atom. The predicted molar refractivity (Wildman–Crippen MR) is 63.3 cm³/mol. The summed E-state index contributed by atoms with van der Waals surface area (Å²) in [7, 11) is 0. The molecule has 4 heteroatoms. The number of hydrogen-bond donors (Lipinski definition) is 1. The van der Waals surface area contributed by atoms with Gasteiger partial charge >= 0.3 is 0 Å². The molecule has 1 fully saturated rings. The molecule has 0 amide bonds. The Balaban J connectivity index is 2.18. The molecule has 1 N–H and O–H groups in total. The van der Waals surface area contributed by atoms with Crippen LogP contribution in [0.4, 0.5) is 5.82 Å². The molecule has 1 aliphatic rings. The number of nitrogens with zero attached hydrogens (tertiary/aromatic N) is 2. The first-order chi connectivity index (χ1) is 7.72. The van der Waals surface area contributed by atoms with Crippen LogP contribution < -0.4 is 10.9 Å². The summed E-state index contributed by atoms with van der Waals surface area (Å²) in [5, 5.41) is 3.05. The topological polar surface area (TPSA) is 46.9 Å². The molecule has 1 aromatic heterocycles. The lowest BCUT2D eigenvalue weighted by Gasteiger charge is -2.12. The summed E-state index contributed by atoms with van der Waals surface area (Å²) in [6, 6.07) is 0.444. The Labute approximate surface area is 94.7 Å². The van der Waals surface area contributed by atoms with Crippen molar-refractivity contribution in [2.24, 2.45) is 0 Å². The number of nitrogens with one attached hydrogen (secondary N) is 1. The molecule has 84 valence electrons. The SMILES string of the molecule is C#CCC(C)Nc1nccn(C2CC2)c1=O. The second-order valence-corrected chi connectivity index (χ2v) is 4.17. The van der Waals surface area contributed by atoms with Gasteiger partial charge in [-0.3, -0.25) is 4.79 Å². The van der Waals surface area contributed by atoms with E-state index < -0.39 is 0 Å². The maximum Gasteiger partial charge on any atom is 0.293 e. The van der Waals surface area contributed by atoms with Crippen LogP contribution in [0.2, 0.25) is 0 Å². The molecule has 1 unspecified atom stereocenters. The van der Waals surface area contributed by atoms with Crippen molar-refractivity contribution in [2.45, 2.75) is 38.3 Å². The first-order valence-corrected chi connectivity index (χ1v) is 5.49. The second kappa shape index (κ2) is 4.40. The lowest BCUT2D eigenvalue weighted by Crippen LogP contribution is -2.27. The van der Waals surface area contributed by atoms with Crippen molar-refractivity contribution in [3.8, 4) is 12.3 Å². The van der Waals surface area contributed by atoms with Crippen molar-refractivity contribution in [3.63, 3.8) is 0 Å². The van der Waals surface area contributed by atoms with Gasteiger partial charge in [0.1, 0.15) is 0 Å². The van der Waals surface area contributed by atoms with E-state index in [9.17, 15) is 4.79 Å². The van der Waals surface area contributed by atoms with Gasteiger partial charge in [0.15, 0.2) is 5.82 Å². The van der Waals surface area contributed by atoms with Gasteiger partial charge in [-0.25, -0.2) is 4.98 Å². The fraction of sp³-hybridized carbons (Fsp3) is 0.500. The number of aromatic nitrogens is 2. The molecular formula is C12H15N3O. The lowest BCUT2D eigenvalue weighted by molar-refractivity contribution is 0.694. The molecule has 1 aliphatic carbocycles. The van der Waals surface area contributed by atoms with Crippen LogP contribution in [0.5, 0.6) is 0 Å². The van der Waals surface area contributed by atoms with Gasteiger partial charge in [-0.15, -0.1) is 12.3 Å². The van der Waals surface area contributed by atoms with Gasteiger partial charge in [0.05, 0.1) is 0 Å². The first kappa shape index (κ1) is 10.7. The Morgan fingerprint density at radius 2 is 2.50 bits per heavy atom. The number of anilines is 1. The zero-order chi connectivity index (χ0) is 11.5. The molecule has 1 aromatic rings. The van der Waals surface area contributed by atoms with E-state index in [4.69, 9.17) is 6.42 Å². The maximum absolute atomic E-state index is 12.0. The molecule has 0 saturated heterocycles. The molecule has 1 heterocycles. The highest BCUT2D eigenvalue weighted by Gasteiger charge is 2.25. The van der Waals surface area contributed by atoms with Gasteiger partial charge in [-0.1, -0.05) is 0 Å². The predicted octanol–water partition coefficient (Wildman–Crippen LogP) is 1.40. The number of terminal acetylenes is 1. The summed E-state index contributed by atoms with van der Waals surface area (Å²) in [5.74, 6) is 2.96. The molecule has 16 heavy (non-hydrogen) atoms. The van der Waals surface area contributed by atoms with Crippen LogP contribution in [-0.4, -0.2) is 15.6 Å². The summed E-state index contributed by atoms with van der Waals surface area (Å²) >= 11 is 0. The third kappa shape index (κ3) is 2.25. The number of rotatable bonds is 4. The van der Waals surface area contributed by atoms with E-state index in [2.05, 4.69) is 16.2 Å². The van der Waals surface area contributed by atoms with Crippen molar-refractivity contribution in [1.82, 2.24) is 9.55 Å². The monoisotopic (exact) mass is 217 g/mol. The zero-order valence-electron chi connectivity index (χ0n) is 9.31. The third-order valence-electron chi connectivity index (χ3n) is 2.62. The van der Waals surface area contributed by atoms with Crippen LogP contribution in [0.15, 0.2) is 17.2 Å². The summed E-state index contributed by atoms with van der Waals surface area (Å²) in [5.41, 5.74) is -0.0473. The van der Waals surface area contributed by atoms with Gasteiger partial charge in [-0.2, -0.15) is 0 Å². The van der Waals surface area contributed by atoms with Crippen LogP contribution >= 0.6 is 0 Å².